The molecule has 0 heterocycles. The van der Waals surface area contributed by atoms with E-state index in [1.54, 1.807) is 0 Å². The maximum Gasteiger partial charge on any atom is 3.00 e. The Kier molecular flexibility index (Phi) is 15.7. The number of rotatable bonds is 4. The molecule has 0 aromatic heterocycles. The fourth-order valence-electron chi connectivity index (χ4n) is 2.33. The van der Waals surface area contributed by atoms with Crippen LogP contribution in [0.25, 0.3) is 10.8 Å². The van der Waals surface area contributed by atoms with E-state index in [9.17, 15) is 0 Å². The molecule has 0 bridgehead atoms. The predicted octanol–water partition coefficient (Wildman–Crippen LogP) is 8.35. The zero-order valence-corrected chi connectivity index (χ0v) is 19.3. The van der Waals surface area contributed by atoms with E-state index in [1.807, 2.05) is 0 Å². The van der Waals surface area contributed by atoms with Crippen molar-refractivity contribution >= 4 is 10.8 Å². The van der Waals surface area contributed by atoms with E-state index in [-0.39, 0.29) is 21.7 Å². The minimum atomic E-state index is 0. The van der Waals surface area contributed by atoms with Crippen LogP contribution < -0.4 is 0 Å². The van der Waals surface area contributed by atoms with Crippen LogP contribution in [0.3, 0.4) is 0 Å². The molecule has 25 heavy (non-hydrogen) atoms. The Morgan fingerprint density at radius 2 is 1.36 bits per heavy atom. The fraction of sp³-hybridized carbons (Fsp3) is 0.542. The molecule has 2 aromatic rings. The van der Waals surface area contributed by atoms with Crippen molar-refractivity contribution in [1.82, 2.24) is 0 Å². The van der Waals surface area contributed by atoms with Gasteiger partial charge in [-0.25, -0.2) is 0 Å². The first kappa shape index (κ1) is 26.8. The van der Waals surface area contributed by atoms with Gasteiger partial charge in [0.25, 0.3) is 0 Å². The van der Waals surface area contributed by atoms with Crippen molar-refractivity contribution in [3.63, 3.8) is 0 Å². The average molecular weight is 375 g/mol. The van der Waals surface area contributed by atoms with Crippen molar-refractivity contribution in [2.75, 3.05) is 0 Å². The minimum Gasteiger partial charge on any atom is -0.343 e. The molecule has 1 radical (unpaired) electrons. The fourth-order valence-corrected chi connectivity index (χ4v) is 2.33. The van der Waals surface area contributed by atoms with Gasteiger partial charge in [-0.3, -0.25) is 0 Å². The standard InChI is InChI=1S/C16H21.2C4H9.Ti/c1-10(2)13-8-14-6-12(5)7-16(14)15(9-13)11(3)4;2*1-3-4-2;/h6-11H,1-5H3;2*1,3-4H2,2H3;/q3*-1;+3. The van der Waals surface area contributed by atoms with Crippen LogP contribution >= 0.6 is 0 Å². The normalized spacial score (nSPS) is 10.0. The van der Waals surface area contributed by atoms with E-state index in [2.05, 4.69) is 86.6 Å². The van der Waals surface area contributed by atoms with Crippen molar-refractivity contribution in [2.24, 2.45) is 0 Å². The molecule has 0 N–H and O–H groups in total. The molecule has 0 spiro atoms. The Hall–Kier alpha value is -0.456. The van der Waals surface area contributed by atoms with E-state index in [1.165, 1.54) is 40.3 Å². The van der Waals surface area contributed by atoms with Crippen molar-refractivity contribution in [2.45, 2.75) is 86.0 Å². The van der Waals surface area contributed by atoms with Gasteiger partial charge in [-0.05, 0) is 11.8 Å². The summed E-state index contributed by atoms with van der Waals surface area (Å²) in [6.07, 6.45) is 4.56. The van der Waals surface area contributed by atoms with Crippen LogP contribution in [0.15, 0.2) is 24.3 Å². The van der Waals surface area contributed by atoms with Crippen LogP contribution in [0.1, 0.15) is 95.8 Å². The zero-order chi connectivity index (χ0) is 18.7. The van der Waals surface area contributed by atoms with Crippen molar-refractivity contribution in [3.05, 3.63) is 54.8 Å². The van der Waals surface area contributed by atoms with E-state index in [0.717, 1.165) is 12.8 Å². The summed E-state index contributed by atoms with van der Waals surface area (Å²) in [5.41, 5.74) is 4.33. The summed E-state index contributed by atoms with van der Waals surface area (Å²) < 4.78 is 0. The summed E-state index contributed by atoms with van der Waals surface area (Å²) in [6, 6.07) is 9.35. The van der Waals surface area contributed by atoms with E-state index < -0.39 is 0 Å². The first-order valence-electron chi connectivity index (χ1n) is 9.61. The van der Waals surface area contributed by atoms with Gasteiger partial charge in [0, 0.05) is 0 Å². The number of aryl methyl sites for hydroxylation is 1. The monoisotopic (exact) mass is 375 g/mol. The SMILES string of the molecule is Cc1cc2c(C(C)C)cc(C(C)C)cc2[cH-]1.[CH2-]CCC.[CH2-]CCC.[Ti+3]. The van der Waals surface area contributed by atoms with Gasteiger partial charge in [-0.1, -0.05) is 78.5 Å². The zero-order valence-electron chi connectivity index (χ0n) is 17.7. The van der Waals surface area contributed by atoms with E-state index >= 15 is 0 Å². The molecule has 0 aliphatic rings. The largest absolute Gasteiger partial charge is 3.00 e. The van der Waals surface area contributed by atoms with Gasteiger partial charge in [-0.2, -0.15) is 18.9 Å². The third kappa shape index (κ3) is 9.71. The number of hydrogen-bond acceptors (Lipinski definition) is 0. The maximum absolute atomic E-state index is 3.60. The smallest absolute Gasteiger partial charge is 0.343 e. The molecule has 0 amide bonds. The second-order valence-corrected chi connectivity index (χ2v) is 7.16. The number of hydrogen-bond donors (Lipinski definition) is 0. The van der Waals surface area contributed by atoms with Crippen LogP contribution in [0.4, 0.5) is 0 Å². The maximum atomic E-state index is 3.60. The second kappa shape index (κ2) is 14.7. The van der Waals surface area contributed by atoms with Crippen LogP contribution in [-0.4, -0.2) is 0 Å². The van der Waals surface area contributed by atoms with Crippen LogP contribution in [0.2, 0.25) is 0 Å². The van der Waals surface area contributed by atoms with Gasteiger partial charge in [-0.15, -0.1) is 28.5 Å². The molecule has 0 aliphatic carbocycles. The Labute approximate surface area is 173 Å². The van der Waals surface area contributed by atoms with Gasteiger partial charge in [0.1, 0.15) is 0 Å². The summed E-state index contributed by atoms with van der Waals surface area (Å²) in [4.78, 5) is 0. The Morgan fingerprint density at radius 1 is 0.880 bits per heavy atom. The molecule has 2 rings (SSSR count). The molecule has 139 valence electrons. The van der Waals surface area contributed by atoms with Gasteiger partial charge in [0.05, 0.1) is 0 Å². The van der Waals surface area contributed by atoms with Crippen LogP contribution in [0, 0.1) is 20.8 Å². The number of benzene rings is 1. The summed E-state index contributed by atoms with van der Waals surface area (Å²) in [5.74, 6) is 1.21. The molecule has 0 saturated heterocycles. The summed E-state index contributed by atoms with van der Waals surface area (Å²) in [7, 11) is 0. The average Bonchev–Trinajstić information content (AvgIpc) is 2.94. The molecule has 0 saturated carbocycles. The first-order chi connectivity index (χ1) is 11.3. The van der Waals surface area contributed by atoms with E-state index in [4.69, 9.17) is 0 Å². The van der Waals surface area contributed by atoms with Gasteiger partial charge >= 0.3 is 21.7 Å². The van der Waals surface area contributed by atoms with Crippen LogP contribution in [-0.2, 0) is 21.7 Å². The molecule has 0 nitrogen and oxygen atoms in total. The number of fused-ring (bicyclic) bond motifs is 1. The Balaban J connectivity index is 0. The summed E-state index contributed by atoms with van der Waals surface area (Å²) >= 11 is 0. The van der Waals surface area contributed by atoms with Gasteiger partial charge < -0.3 is 13.8 Å². The molecular weight excluding hydrogens is 336 g/mol. The molecule has 0 fully saturated rings. The van der Waals surface area contributed by atoms with Gasteiger partial charge in [0.15, 0.2) is 0 Å². The van der Waals surface area contributed by atoms with Crippen molar-refractivity contribution < 1.29 is 21.7 Å². The third-order valence-corrected chi connectivity index (χ3v) is 4.02. The van der Waals surface area contributed by atoms with Gasteiger partial charge in [0.2, 0.25) is 0 Å². The summed E-state index contributed by atoms with van der Waals surface area (Å²) in [6.45, 7) is 22.7. The Bertz CT molecular complexity index is 553. The molecular formula is C24H39Ti. The second-order valence-electron chi connectivity index (χ2n) is 7.16. The third-order valence-electron chi connectivity index (χ3n) is 4.02. The van der Waals surface area contributed by atoms with E-state index in [0.29, 0.717) is 11.8 Å². The van der Waals surface area contributed by atoms with Crippen molar-refractivity contribution in [1.29, 1.82) is 0 Å². The molecule has 0 atom stereocenters. The van der Waals surface area contributed by atoms with Crippen molar-refractivity contribution in [3.8, 4) is 0 Å². The predicted molar refractivity (Wildman–Crippen MR) is 113 cm³/mol. The molecule has 2 aromatic carbocycles. The van der Waals surface area contributed by atoms with Crippen LogP contribution in [0.5, 0.6) is 0 Å². The first-order valence-corrected chi connectivity index (χ1v) is 9.61. The molecule has 1 heteroatoms. The topological polar surface area (TPSA) is 0 Å². The number of unbranched alkanes of at least 4 members (excludes halogenated alkanes) is 2. The minimum absolute atomic E-state index is 0. The molecule has 0 unspecified atom stereocenters. The summed E-state index contributed by atoms with van der Waals surface area (Å²) in [5, 5.41) is 2.85. The quantitative estimate of drug-likeness (QED) is 0.372. The Morgan fingerprint density at radius 3 is 1.72 bits per heavy atom. The molecule has 0 aliphatic heterocycles.